The first-order valence-electron chi connectivity index (χ1n) is 5.88. The van der Waals surface area contributed by atoms with Crippen molar-refractivity contribution < 1.29 is 4.79 Å². The fraction of sp³-hybridized carbons (Fsp3) is 0.462. The van der Waals surface area contributed by atoms with Crippen molar-refractivity contribution in [1.82, 2.24) is 10.2 Å². The van der Waals surface area contributed by atoms with Crippen LogP contribution in [0.1, 0.15) is 22.8 Å². The molecule has 2 aliphatic heterocycles. The van der Waals surface area contributed by atoms with E-state index in [0.717, 1.165) is 25.1 Å². The Morgan fingerprint density at radius 2 is 2.12 bits per heavy atom. The van der Waals surface area contributed by atoms with Gasteiger partial charge < -0.3 is 10.2 Å². The summed E-state index contributed by atoms with van der Waals surface area (Å²) >= 11 is 0. The van der Waals surface area contributed by atoms with Gasteiger partial charge in [-0.1, -0.05) is 18.2 Å². The second-order valence-corrected chi connectivity index (χ2v) is 4.73. The van der Waals surface area contributed by atoms with Gasteiger partial charge in [0.15, 0.2) is 0 Å². The monoisotopic (exact) mass is 216 g/mol. The highest BCUT2D eigenvalue weighted by molar-refractivity contribution is 5.97. The van der Waals surface area contributed by atoms with Crippen molar-refractivity contribution in [2.45, 2.75) is 25.4 Å². The SMILES string of the molecule is C[C@@H]1CNCC2Cc3ccccc3C(=O)N21. The second-order valence-electron chi connectivity index (χ2n) is 4.73. The highest BCUT2D eigenvalue weighted by Gasteiger charge is 2.36. The normalized spacial score (nSPS) is 28.6. The fourth-order valence-corrected chi connectivity index (χ4v) is 2.85. The number of hydrogen-bond donors (Lipinski definition) is 1. The quantitative estimate of drug-likeness (QED) is 0.703. The third kappa shape index (κ3) is 1.35. The van der Waals surface area contributed by atoms with E-state index in [2.05, 4.69) is 23.2 Å². The predicted molar refractivity (Wildman–Crippen MR) is 62.4 cm³/mol. The molecule has 1 N–H and O–H groups in total. The molecule has 2 heterocycles. The van der Waals surface area contributed by atoms with E-state index in [0.29, 0.717) is 12.1 Å². The molecule has 1 aromatic carbocycles. The van der Waals surface area contributed by atoms with Crippen LogP contribution in [0.5, 0.6) is 0 Å². The Kier molecular flexibility index (Phi) is 2.21. The molecule has 0 bridgehead atoms. The van der Waals surface area contributed by atoms with Crippen molar-refractivity contribution in [2.75, 3.05) is 13.1 Å². The van der Waals surface area contributed by atoms with Crippen molar-refractivity contribution in [3.63, 3.8) is 0 Å². The average Bonchev–Trinajstić information content (AvgIpc) is 2.29. The van der Waals surface area contributed by atoms with E-state index >= 15 is 0 Å². The van der Waals surface area contributed by atoms with Gasteiger partial charge in [-0.15, -0.1) is 0 Å². The first-order chi connectivity index (χ1) is 7.77. The van der Waals surface area contributed by atoms with Crippen LogP contribution in [0.15, 0.2) is 24.3 Å². The third-order valence-corrected chi connectivity index (χ3v) is 3.63. The van der Waals surface area contributed by atoms with Gasteiger partial charge in [0.2, 0.25) is 0 Å². The molecular weight excluding hydrogens is 200 g/mol. The van der Waals surface area contributed by atoms with Crippen LogP contribution in [0.3, 0.4) is 0 Å². The number of fused-ring (bicyclic) bond motifs is 2. The van der Waals surface area contributed by atoms with Crippen LogP contribution < -0.4 is 5.32 Å². The van der Waals surface area contributed by atoms with Gasteiger partial charge in [-0.3, -0.25) is 4.79 Å². The van der Waals surface area contributed by atoms with E-state index in [1.54, 1.807) is 0 Å². The summed E-state index contributed by atoms with van der Waals surface area (Å²) in [5, 5.41) is 3.39. The number of benzene rings is 1. The molecule has 16 heavy (non-hydrogen) atoms. The molecule has 1 amide bonds. The molecule has 0 aliphatic carbocycles. The maximum atomic E-state index is 12.4. The molecule has 0 radical (unpaired) electrons. The maximum Gasteiger partial charge on any atom is 0.254 e. The highest BCUT2D eigenvalue weighted by atomic mass is 16.2. The predicted octanol–water partition coefficient (Wildman–Crippen LogP) is 1.05. The average molecular weight is 216 g/mol. The second kappa shape index (κ2) is 3.59. The lowest BCUT2D eigenvalue weighted by molar-refractivity contribution is 0.0483. The van der Waals surface area contributed by atoms with Gasteiger partial charge >= 0.3 is 0 Å². The van der Waals surface area contributed by atoms with Crippen LogP contribution in [0.4, 0.5) is 0 Å². The molecule has 1 unspecified atom stereocenters. The van der Waals surface area contributed by atoms with Gasteiger partial charge in [-0.25, -0.2) is 0 Å². The minimum atomic E-state index is 0.209. The van der Waals surface area contributed by atoms with Crippen LogP contribution in [-0.2, 0) is 6.42 Å². The molecule has 3 nitrogen and oxygen atoms in total. The Bertz CT molecular complexity index is 430. The zero-order valence-corrected chi connectivity index (χ0v) is 9.44. The first kappa shape index (κ1) is 9.85. The topological polar surface area (TPSA) is 32.3 Å². The molecule has 2 aliphatic rings. The van der Waals surface area contributed by atoms with Crippen molar-refractivity contribution in [3.05, 3.63) is 35.4 Å². The molecule has 0 spiro atoms. The Morgan fingerprint density at radius 1 is 1.31 bits per heavy atom. The summed E-state index contributed by atoms with van der Waals surface area (Å²) in [5.41, 5.74) is 2.09. The van der Waals surface area contributed by atoms with Crippen molar-refractivity contribution in [3.8, 4) is 0 Å². The number of carbonyl (C=O) groups excluding carboxylic acids is 1. The van der Waals surface area contributed by atoms with E-state index in [-0.39, 0.29) is 5.91 Å². The lowest BCUT2D eigenvalue weighted by Gasteiger charge is -2.44. The molecule has 1 fully saturated rings. The van der Waals surface area contributed by atoms with E-state index in [1.165, 1.54) is 5.56 Å². The van der Waals surface area contributed by atoms with E-state index in [4.69, 9.17) is 0 Å². The van der Waals surface area contributed by atoms with Gasteiger partial charge in [0.25, 0.3) is 5.91 Å². The fourth-order valence-electron chi connectivity index (χ4n) is 2.85. The van der Waals surface area contributed by atoms with Gasteiger partial charge in [-0.2, -0.15) is 0 Å². The molecule has 3 rings (SSSR count). The van der Waals surface area contributed by atoms with Crippen molar-refractivity contribution in [1.29, 1.82) is 0 Å². The van der Waals surface area contributed by atoms with E-state index < -0.39 is 0 Å². The van der Waals surface area contributed by atoms with Crippen LogP contribution >= 0.6 is 0 Å². The largest absolute Gasteiger partial charge is 0.330 e. The maximum absolute atomic E-state index is 12.4. The molecule has 2 atom stereocenters. The molecule has 1 aromatic rings. The number of hydrogen-bond acceptors (Lipinski definition) is 2. The first-order valence-corrected chi connectivity index (χ1v) is 5.88. The summed E-state index contributed by atoms with van der Waals surface area (Å²) in [6.07, 6.45) is 0.985. The standard InChI is InChI=1S/C13H16N2O/c1-9-7-14-8-11-6-10-4-2-3-5-12(10)13(16)15(9)11/h2-5,9,11,14H,6-8H2,1H3/t9-,11?/m1/s1. The Hall–Kier alpha value is -1.35. The third-order valence-electron chi connectivity index (χ3n) is 3.63. The van der Waals surface area contributed by atoms with Gasteiger partial charge in [0.05, 0.1) is 0 Å². The van der Waals surface area contributed by atoms with Gasteiger partial charge in [0.1, 0.15) is 0 Å². The number of amides is 1. The smallest absolute Gasteiger partial charge is 0.254 e. The van der Waals surface area contributed by atoms with Crippen LogP contribution in [0, 0.1) is 0 Å². The van der Waals surface area contributed by atoms with E-state index in [1.807, 2.05) is 18.2 Å². The molecule has 1 saturated heterocycles. The molecule has 84 valence electrons. The number of rotatable bonds is 0. The number of nitrogens with zero attached hydrogens (tertiary/aromatic N) is 1. The zero-order chi connectivity index (χ0) is 11.1. The van der Waals surface area contributed by atoms with Crippen LogP contribution in [-0.4, -0.2) is 36.0 Å². The lowest BCUT2D eigenvalue weighted by Crippen LogP contribution is -2.60. The van der Waals surface area contributed by atoms with Crippen LogP contribution in [0.25, 0.3) is 0 Å². The summed E-state index contributed by atoms with van der Waals surface area (Å²) in [4.78, 5) is 14.4. The summed E-state index contributed by atoms with van der Waals surface area (Å²) < 4.78 is 0. The molecular formula is C13H16N2O. The summed E-state index contributed by atoms with van der Waals surface area (Å²) in [6.45, 7) is 3.94. The van der Waals surface area contributed by atoms with Crippen molar-refractivity contribution in [2.24, 2.45) is 0 Å². The summed E-state index contributed by atoms with van der Waals surface area (Å²) in [6, 6.07) is 8.63. The molecule has 0 saturated carbocycles. The number of carbonyl (C=O) groups is 1. The lowest BCUT2D eigenvalue weighted by atomic mass is 9.90. The minimum absolute atomic E-state index is 0.209. The minimum Gasteiger partial charge on any atom is -0.330 e. The highest BCUT2D eigenvalue weighted by Crippen LogP contribution is 2.26. The Morgan fingerprint density at radius 3 is 3.00 bits per heavy atom. The van der Waals surface area contributed by atoms with Gasteiger partial charge in [0, 0.05) is 30.7 Å². The molecule has 3 heteroatoms. The Balaban J connectivity index is 2.03. The Labute approximate surface area is 95.4 Å². The van der Waals surface area contributed by atoms with E-state index in [9.17, 15) is 4.79 Å². The number of nitrogens with one attached hydrogen (secondary N) is 1. The van der Waals surface area contributed by atoms with Crippen molar-refractivity contribution >= 4 is 5.91 Å². The van der Waals surface area contributed by atoms with Crippen LogP contribution in [0.2, 0.25) is 0 Å². The number of piperazine rings is 1. The summed E-state index contributed by atoms with van der Waals surface area (Å²) in [5.74, 6) is 0.209. The van der Waals surface area contributed by atoms with Gasteiger partial charge in [-0.05, 0) is 25.0 Å². The summed E-state index contributed by atoms with van der Waals surface area (Å²) in [7, 11) is 0. The zero-order valence-electron chi connectivity index (χ0n) is 9.44. The molecule has 0 aromatic heterocycles.